The van der Waals surface area contributed by atoms with E-state index in [9.17, 15) is 9.59 Å². The molecule has 3 rings (SSSR count). The van der Waals surface area contributed by atoms with Crippen molar-refractivity contribution >= 4 is 22.7 Å². The van der Waals surface area contributed by atoms with E-state index in [1.807, 2.05) is 53.8 Å². The highest BCUT2D eigenvalue weighted by Gasteiger charge is 2.27. The maximum atomic E-state index is 12.6. The lowest BCUT2D eigenvalue weighted by Gasteiger charge is -2.32. The van der Waals surface area contributed by atoms with Gasteiger partial charge in [-0.25, -0.2) is 0 Å². The van der Waals surface area contributed by atoms with Crippen LogP contribution in [0.5, 0.6) is 0 Å². The normalized spacial score (nSPS) is 15.9. The third-order valence-corrected chi connectivity index (χ3v) is 4.64. The molecule has 1 N–H and O–H groups in total. The first-order chi connectivity index (χ1) is 11.5. The average molecular weight is 327 g/mol. The Balaban J connectivity index is 1.57. The molecular weight excluding hydrogens is 302 g/mol. The molecule has 24 heavy (non-hydrogen) atoms. The second-order valence-electron chi connectivity index (χ2n) is 6.82. The van der Waals surface area contributed by atoms with Crippen LogP contribution in [0.2, 0.25) is 0 Å². The van der Waals surface area contributed by atoms with Crippen molar-refractivity contribution in [3.63, 3.8) is 0 Å². The first kappa shape index (κ1) is 16.6. The minimum atomic E-state index is 0.0314. The van der Waals surface area contributed by atoms with Gasteiger partial charge in [-0.05, 0) is 44.2 Å². The molecule has 1 aliphatic rings. The van der Waals surface area contributed by atoms with Gasteiger partial charge < -0.3 is 14.8 Å². The van der Waals surface area contributed by atoms with Crippen molar-refractivity contribution in [3.8, 4) is 0 Å². The molecule has 5 heteroatoms. The molecule has 0 atom stereocenters. The van der Waals surface area contributed by atoms with Crippen LogP contribution in [0.15, 0.2) is 36.5 Å². The monoisotopic (exact) mass is 327 g/mol. The molecule has 0 aliphatic carbocycles. The van der Waals surface area contributed by atoms with Gasteiger partial charge in [-0.15, -0.1) is 0 Å². The van der Waals surface area contributed by atoms with Gasteiger partial charge >= 0.3 is 0 Å². The predicted molar refractivity (Wildman–Crippen MR) is 94.5 cm³/mol. The summed E-state index contributed by atoms with van der Waals surface area (Å²) in [6, 6.07) is 10.3. The molecule has 1 fully saturated rings. The van der Waals surface area contributed by atoms with E-state index in [4.69, 9.17) is 0 Å². The number of carbonyl (C=O) groups excluding carboxylic acids is 2. The number of nitrogens with one attached hydrogen (secondary N) is 1. The van der Waals surface area contributed by atoms with E-state index in [1.165, 1.54) is 0 Å². The van der Waals surface area contributed by atoms with Gasteiger partial charge in [-0.1, -0.05) is 18.2 Å². The number of nitrogens with zero attached hydrogens (tertiary/aromatic N) is 2. The average Bonchev–Trinajstić information content (AvgIpc) is 2.97. The first-order valence-corrected chi connectivity index (χ1v) is 8.66. The zero-order valence-electron chi connectivity index (χ0n) is 14.4. The third kappa shape index (κ3) is 3.61. The first-order valence-electron chi connectivity index (χ1n) is 8.66. The standard InChI is InChI=1S/C19H25N3O2/c1-14(2)20-19(24)16-8-10-21(11-9-16)18(23)13-22-12-7-15-5-3-4-6-17(15)22/h3-7,12,14,16H,8-11,13H2,1-2H3,(H,20,24). The van der Waals surface area contributed by atoms with Gasteiger partial charge in [0.1, 0.15) is 6.54 Å². The zero-order valence-corrected chi connectivity index (χ0v) is 14.4. The number of hydrogen-bond donors (Lipinski definition) is 1. The molecule has 0 saturated carbocycles. The van der Waals surface area contributed by atoms with Crippen molar-refractivity contribution in [2.45, 2.75) is 39.3 Å². The van der Waals surface area contributed by atoms with Gasteiger partial charge in [0.05, 0.1) is 0 Å². The molecule has 0 spiro atoms. The molecule has 0 radical (unpaired) electrons. The lowest BCUT2D eigenvalue weighted by atomic mass is 9.95. The summed E-state index contributed by atoms with van der Waals surface area (Å²) in [5.41, 5.74) is 1.08. The largest absolute Gasteiger partial charge is 0.354 e. The van der Waals surface area contributed by atoms with Crippen LogP contribution < -0.4 is 5.32 Å². The van der Waals surface area contributed by atoms with Crippen molar-refractivity contribution in [1.82, 2.24) is 14.8 Å². The van der Waals surface area contributed by atoms with Crippen molar-refractivity contribution in [2.24, 2.45) is 5.92 Å². The topological polar surface area (TPSA) is 54.3 Å². The van der Waals surface area contributed by atoms with Gasteiger partial charge in [0.25, 0.3) is 0 Å². The number of amides is 2. The van der Waals surface area contributed by atoms with E-state index in [0.29, 0.717) is 19.6 Å². The van der Waals surface area contributed by atoms with Gasteiger partial charge in [0.2, 0.25) is 11.8 Å². The van der Waals surface area contributed by atoms with E-state index in [2.05, 4.69) is 11.4 Å². The number of benzene rings is 1. The molecule has 1 saturated heterocycles. The Morgan fingerprint density at radius 3 is 2.58 bits per heavy atom. The summed E-state index contributed by atoms with van der Waals surface area (Å²) in [4.78, 5) is 26.5. The Morgan fingerprint density at radius 2 is 1.88 bits per heavy atom. The van der Waals surface area contributed by atoms with Crippen molar-refractivity contribution < 1.29 is 9.59 Å². The number of fused-ring (bicyclic) bond motifs is 1. The number of para-hydroxylation sites is 1. The van der Waals surface area contributed by atoms with E-state index < -0.39 is 0 Å². The number of likely N-dealkylation sites (tertiary alicyclic amines) is 1. The highest BCUT2D eigenvalue weighted by atomic mass is 16.2. The van der Waals surface area contributed by atoms with Crippen LogP contribution in [-0.4, -0.2) is 40.4 Å². The number of piperidine rings is 1. The number of hydrogen-bond acceptors (Lipinski definition) is 2. The van der Waals surface area contributed by atoms with Crippen LogP contribution >= 0.6 is 0 Å². The highest BCUT2D eigenvalue weighted by Crippen LogP contribution is 2.19. The summed E-state index contributed by atoms with van der Waals surface area (Å²) in [5.74, 6) is 0.274. The predicted octanol–water partition coefficient (Wildman–Crippen LogP) is 2.40. The minimum Gasteiger partial charge on any atom is -0.354 e. The van der Waals surface area contributed by atoms with Crippen molar-refractivity contribution in [3.05, 3.63) is 36.5 Å². The van der Waals surface area contributed by atoms with E-state index in [-0.39, 0.29) is 23.8 Å². The van der Waals surface area contributed by atoms with E-state index in [1.54, 1.807) is 0 Å². The summed E-state index contributed by atoms with van der Waals surface area (Å²) in [6.07, 6.45) is 3.46. The number of aromatic nitrogens is 1. The van der Waals surface area contributed by atoms with E-state index in [0.717, 1.165) is 23.7 Å². The molecule has 1 aromatic carbocycles. The fourth-order valence-corrected chi connectivity index (χ4v) is 3.32. The molecular formula is C19H25N3O2. The molecule has 0 bridgehead atoms. The van der Waals surface area contributed by atoms with Crippen molar-refractivity contribution in [2.75, 3.05) is 13.1 Å². The van der Waals surface area contributed by atoms with Crippen LogP contribution in [0.4, 0.5) is 0 Å². The SMILES string of the molecule is CC(C)NC(=O)C1CCN(C(=O)Cn2ccc3ccccc32)CC1. The summed E-state index contributed by atoms with van der Waals surface area (Å²) in [7, 11) is 0. The van der Waals surface area contributed by atoms with Gasteiger partial charge in [0.15, 0.2) is 0 Å². The Kier molecular flexibility index (Phi) is 4.88. The maximum absolute atomic E-state index is 12.6. The second kappa shape index (κ2) is 7.07. The Morgan fingerprint density at radius 1 is 1.17 bits per heavy atom. The van der Waals surface area contributed by atoms with Gasteiger partial charge in [0, 0.05) is 36.8 Å². The maximum Gasteiger partial charge on any atom is 0.242 e. The molecule has 1 aliphatic heterocycles. The lowest BCUT2D eigenvalue weighted by Crippen LogP contribution is -2.45. The van der Waals surface area contributed by atoms with Crippen molar-refractivity contribution in [1.29, 1.82) is 0 Å². The van der Waals surface area contributed by atoms with Crippen LogP contribution in [0.25, 0.3) is 10.9 Å². The Labute approximate surface area is 142 Å². The molecule has 5 nitrogen and oxygen atoms in total. The van der Waals surface area contributed by atoms with E-state index >= 15 is 0 Å². The zero-order chi connectivity index (χ0) is 17.1. The van der Waals surface area contributed by atoms with Crippen LogP contribution in [0.1, 0.15) is 26.7 Å². The Hall–Kier alpha value is -2.30. The molecule has 2 amide bonds. The summed E-state index contributed by atoms with van der Waals surface area (Å²) >= 11 is 0. The lowest BCUT2D eigenvalue weighted by molar-refractivity contribution is -0.136. The molecule has 0 unspecified atom stereocenters. The smallest absolute Gasteiger partial charge is 0.242 e. The highest BCUT2D eigenvalue weighted by molar-refractivity contribution is 5.83. The summed E-state index contributed by atoms with van der Waals surface area (Å²) < 4.78 is 2.00. The quantitative estimate of drug-likeness (QED) is 0.937. The Bertz CT molecular complexity index is 727. The number of carbonyl (C=O) groups is 2. The fourth-order valence-electron chi connectivity index (χ4n) is 3.32. The van der Waals surface area contributed by atoms with Gasteiger partial charge in [-0.3, -0.25) is 9.59 Å². The second-order valence-corrected chi connectivity index (χ2v) is 6.82. The summed E-state index contributed by atoms with van der Waals surface area (Å²) in [5, 5.41) is 4.11. The fraction of sp³-hybridized carbons (Fsp3) is 0.474. The molecule has 2 aromatic rings. The van der Waals surface area contributed by atoms with Crippen LogP contribution in [0.3, 0.4) is 0 Å². The van der Waals surface area contributed by atoms with Crippen LogP contribution in [-0.2, 0) is 16.1 Å². The number of rotatable bonds is 4. The molecule has 1 aromatic heterocycles. The van der Waals surface area contributed by atoms with Gasteiger partial charge in [-0.2, -0.15) is 0 Å². The summed E-state index contributed by atoms with van der Waals surface area (Å²) in [6.45, 7) is 5.62. The third-order valence-electron chi connectivity index (χ3n) is 4.64. The molecule has 128 valence electrons. The minimum absolute atomic E-state index is 0.0314. The van der Waals surface area contributed by atoms with Crippen LogP contribution in [0, 0.1) is 5.92 Å². The molecule has 2 heterocycles.